The van der Waals surface area contributed by atoms with Crippen LogP contribution in [0.4, 0.5) is 0 Å². The highest BCUT2D eigenvalue weighted by Gasteiger charge is 2.12. The molecule has 0 bridgehead atoms. The molecule has 0 saturated carbocycles. The summed E-state index contributed by atoms with van der Waals surface area (Å²) >= 11 is 1.85. The monoisotopic (exact) mass is 368 g/mol. The zero-order valence-electron chi connectivity index (χ0n) is 15.5. The second-order valence-corrected chi connectivity index (χ2v) is 8.08. The van der Waals surface area contributed by atoms with Crippen LogP contribution in [0.3, 0.4) is 0 Å². The van der Waals surface area contributed by atoms with Crippen molar-refractivity contribution in [2.75, 3.05) is 25.4 Å². The molecule has 1 aliphatic rings. The predicted octanol–water partition coefficient (Wildman–Crippen LogP) is 4.25. The van der Waals surface area contributed by atoms with Crippen LogP contribution in [0.2, 0.25) is 0 Å². The van der Waals surface area contributed by atoms with E-state index in [1.165, 1.54) is 42.6 Å². The smallest absolute Gasteiger partial charge is 0.251 e. The summed E-state index contributed by atoms with van der Waals surface area (Å²) in [6.07, 6.45) is 2.62. The van der Waals surface area contributed by atoms with Crippen molar-refractivity contribution in [2.45, 2.75) is 32.1 Å². The maximum atomic E-state index is 12.2. The van der Waals surface area contributed by atoms with Gasteiger partial charge >= 0.3 is 0 Å². The van der Waals surface area contributed by atoms with Crippen LogP contribution in [0.1, 0.15) is 39.9 Å². The molecule has 26 heavy (non-hydrogen) atoms. The zero-order valence-corrected chi connectivity index (χ0v) is 16.4. The fourth-order valence-electron chi connectivity index (χ4n) is 3.17. The van der Waals surface area contributed by atoms with Gasteiger partial charge in [0.05, 0.1) is 0 Å². The van der Waals surface area contributed by atoms with Crippen LogP contribution in [0.15, 0.2) is 48.5 Å². The van der Waals surface area contributed by atoms with Crippen molar-refractivity contribution < 1.29 is 4.79 Å². The van der Waals surface area contributed by atoms with E-state index in [1.807, 2.05) is 23.9 Å². The van der Waals surface area contributed by atoms with Crippen LogP contribution < -0.4 is 5.32 Å². The third kappa shape index (κ3) is 5.89. The molecule has 1 fully saturated rings. The fourth-order valence-corrected chi connectivity index (χ4v) is 3.99. The summed E-state index contributed by atoms with van der Waals surface area (Å²) in [5.41, 5.74) is 4.66. The van der Waals surface area contributed by atoms with Crippen molar-refractivity contribution in [2.24, 2.45) is 0 Å². The molecule has 0 radical (unpaired) electrons. The zero-order chi connectivity index (χ0) is 18.2. The van der Waals surface area contributed by atoms with Crippen LogP contribution in [0.5, 0.6) is 0 Å². The number of hydrogen-bond acceptors (Lipinski definition) is 3. The number of amides is 1. The Labute approximate surface area is 161 Å². The molecule has 3 rings (SSSR count). The highest BCUT2D eigenvalue weighted by atomic mass is 32.2. The van der Waals surface area contributed by atoms with E-state index in [4.69, 9.17) is 0 Å². The molecule has 1 heterocycles. The summed E-state index contributed by atoms with van der Waals surface area (Å²) < 4.78 is 0. The molecule has 0 unspecified atom stereocenters. The third-order valence-corrected chi connectivity index (χ3v) is 5.77. The first-order valence-corrected chi connectivity index (χ1v) is 10.6. The number of hydrogen-bond donors (Lipinski definition) is 1. The lowest BCUT2D eigenvalue weighted by molar-refractivity contribution is 0.0956. The Morgan fingerprint density at radius 2 is 1.65 bits per heavy atom. The van der Waals surface area contributed by atoms with Crippen LogP contribution in [-0.2, 0) is 12.3 Å². The Morgan fingerprint density at radius 1 is 1.00 bits per heavy atom. The maximum Gasteiger partial charge on any atom is 0.251 e. The van der Waals surface area contributed by atoms with Crippen LogP contribution in [0.25, 0.3) is 0 Å². The van der Waals surface area contributed by atoms with E-state index in [9.17, 15) is 4.79 Å². The lowest BCUT2D eigenvalue weighted by Gasteiger charge is -2.14. The number of thioether (sulfide) groups is 1. The van der Waals surface area contributed by atoms with E-state index in [-0.39, 0.29) is 5.91 Å². The van der Waals surface area contributed by atoms with Gasteiger partial charge in [-0.25, -0.2) is 0 Å². The molecule has 2 aromatic carbocycles. The minimum absolute atomic E-state index is 0.0219. The average molecular weight is 369 g/mol. The molecule has 1 aliphatic heterocycles. The maximum absolute atomic E-state index is 12.2. The summed E-state index contributed by atoms with van der Waals surface area (Å²) in [6, 6.07) is 16.7. The van der Waals surface area contributed by atoms with Crippen molar-refractivity contribution in [1.82, 2.24) is 10.2 Å². The molecular formula is C22H28N2OS. The highest BCUT2D eigenvalue weighted by Crippen LogP contribution is 2.14. The number of benzene rings is 2. The van der Waals surface area contributed by atoms with Crippen LogP contribution in [0, 0.1) is 6.92 Å². The molecule has 0 aliphatic carbocycles. The molecule has 4 heteroatoms. The lowest BCUT2D eigenvalue weighted by atomic mass is 10.1. The Bertz CT molecular complexity index is 691. The number of carbonyl (C=O) groups is 1. The van der Waals surface area contributed by atoms with Gasteiger partial charge in [-0.2, -0.15) is 11.8 Å². The van der Waals surface area contributed by atoms with E-state index in [0.29, 0.717) is 6.54 Å². The average Bonchev–Trinajstić information content (AvgIpc) is 3.16. The van der Waals surface area contributed by atoms with Gasteiger partial charge < -0.3 is 5.32 Å². The molecule has 0 aromatic heterocycles. The van der Waals surface area contributed by atoms with E-state index >= 15 is 0 Å². The van der Waals surface area contributed by atoms with E-state index in [1.54, 1.807) is 0 Å². The topological polar surface area (TPSA) is 32.3 Å². The Morgan fingerprint density at radius 3 is 2.35 bits per heavy atom. The van der Waals surface area contributed by atoms with Crippen LogP contribution >= 0.6 is 11.8 Å². The van der Waals surface area contributed by atoms with Crippen molar-refractivity contribution in [3.8, 4) is 0 Å². The number of nitrogens with zero attached hydrogens (tertiary/aromatic N) is 1. The molecule has 1 saturated heterocycles. The molecule has 0 atom stereocenters. The predicted molar refractivity (Wildman–Crippen MR) is 111 cm³/mol. The van der Waals surface area contributed by atoms with Gasteiger partial charge in [0.25, 0.3) is 5.91 Å². The van der Waals surface area contributed by atoms with Gasteiger partial charge in [-0.15, -0.1) is 0 Å². The largest absolute Gasteiger partial charge is 0.351 e. The van der Waals surface area contributed by atoms with Crippen LogP contribution in [-0.4, -0.2) is 36.2 Å². The third-order valence-electron chi connectivity index (χ3n) is 4.74. The van der Waals surface area contributed by atoms with Gasteiger partial charge in [-0.3, -0.25) is 9.69 Å². The van der Waals surface area contributed by atoms with E-state index in [2.05, 4.69) is 53.5 Å². The van der Waals surface area contributed by atoms with Crippen molar-refractivity contribution in [1.29, 1.82) is 0 Å². The molecule has 138 valence electrons. The Hall–Kier alpha value is -1.78. The van der Waals surface area contributed by atoms with Crippen molar-refractivity contribution in [3.05, 3.63) is 70.8 Å². The fraction of sp³-hybridized carbons (Fsp3) is 0.409. The molecular weight excluding hydrogens is 340 g/mol. The standard InChI is InChI=1S/C22H28N2OS/c1-18-4-6-20(7-5-18)17-26-15-12-23-22(25)21-10-8-19(9-11-21)16-24-13-2-3-14-24/h4-11H,2-3,12-17H2,1H3,(H,23,25). The second kappa shape index (κ2) is 9.79. The number of nitrogens with one attached hydrogen (secondary N) is 1. The number of carbonyl (C=O) groups excluding carboxylic acids is 1. The quantitative estimate of drug-likeness (QED) is 0.707. The summed E-state index contributed by atoms with van der Waals surface area (Å²) in [7, 11) is 0. The van der Waals surface area contributed by atoms with Gasteiger partial charge in [0.2, 0.25) is 0 Å². The first-order chi connectivity index (χ1) is 12.7. The Kier molecular flexibility index (Phi) is 7.15. The van der Waals surface area contributed by atoms with Gasteiger partial charge in [-0.1, -0.05) is 42.0 Å². The SMILES string of the molecule is Cc1ccc(CSCCNC(=O)c2ccc(CN3CCCC3)cc2)cc1. The summed E-state index contributed by atoms with van der Waals surface area (Å²) in [5.74, 6) is 1.93. The van der Waals surface area contributed by atoms with Gasteiger partial charge in [0.15, 0.2) is 0 Å². The number of likely N-dealkylation sites (tertiary alicyclic amines) is 1. The highest BCUT2D eigenvalue weighted by molar-refractivity contribution is 7.98. The number of rotatable bonds is 8. The number of aryl methyl sites for hydroxylation is 1. The van der Waals surface area contributed by atoms with E-state index < -0.39 is 0 Å². The summed E-state index contributed by atoms with van der Waals surface area (Å²) in [5, 5.41) is 3.02. The molecule has 1 amide bonds. The first-order valence-electron chi connectivity index (χ1n) is 9.43. The van der Waals surface area contributed by atoms with Gasteiger partial charge in [0.1, 0.15) is 0 Å². The normalized spacial score (nSPS) is 14.5. The minimum atomic E-state index is 0.0219. The second-order valence-electron chi connectivity index (χ2n) is 6.97. The molecule has 3 nitrogen and oxygen atoms in total. The van der Waals surface area contributed by atoms with Crippen molar-refractivity contribution in [3.63, 3.8) is 0 Å². The van der Waals surface area contributed by atoms with Crippen molar-refractivity contribution >= 4 is 17.7 Å². The summed E-state index contributed by atoms with van der Waals surface area (Å²) in [4.78, 5) is 14.7. The van der Waals surface area contributed by atoms with Gasteiger partial charge in [-0.05, 0) is 56.1 Å². The summed E-state index contributed by atoms with van der Waals surface area (Å²) in [6.45, 7) is 6.19. The molecule has 1 N–H and O–H groups in total. The van der Waals surface area contributed by atoms with Gasteiger partial charge in [0, 0.05) is 30.2 Å². The minimum Gasteiger partial charge on any atom is -0.351 e. The lowest BCUT2D eigenvalue weighted by Crippen LogP contribution is -2.25. The van der Waals surface area contributed by atoms with E-state index in [0.717, 1.165) is 23.6 Å². The molecule has 2 aromatic rings. The molecule has 0 spiro atoms. The Balaban J connectivity index is 1.35. The first kappa shape index (κ1) is 19.0.